The molecule has 1 aromatic carbocycles. The highest BCUT2D eigenvalue weighted by atomic mass is 32.2. The first-order valence-electron chi connectivity index (χ1n) is 7.73. The maximum absolute atomic E-state index is 12.8. The zero-order chi connectivity index (χ0) is 18.7. The van der Waals surface area contributed by atoms with Crippen LogP contribution in [-0.4, -0.2) is 51.1 Å². The van der Waals surface area contributed by atoms with Crippen molar-refractivity contribution in [2.75, 3.05) is 27.3 Å². The lowest BCUT2D eigenvalue weighted by molar-refractivity contribution is 0.0719. The van der Waals surface area contributed by atoms with Crippen molar-refractivity contribution in [1.29, 1.82) is 5.26 Å². The maximum atomic E-state index is 12.8. The lowest BCUT2D eigenvalue weighted by Crippen LogP contribution is -2.56. The van der Waals surface area contributed by atoms with E-state index < -0.39 is 10.0 Å². The summed E-state index contributed by atoms with van der Waals surface area (Å²) in [4.78, 5) is 4.07. The monoisotopic (exact) mass is 375 g/mol. The summed E-state index contributed by atoms with van der Waals surface area (Å²) in [6, 6.07) is 9.78. The summed E-state index contributed by atoms with van der Waals surface area (Å²) in [6.45, 7) is 0.398. The van der Waals surface area contributed by atoms with Crippen LogP contribution in [-0.2, 0) is 10.0 Å². The molecule has 1 saturated heterocycles. The molecule has 0 bridgehead atoms. The molecule has 2 heterocycles. The second kappa shape index (κ2) is 7.19. The van der Waals surface area contributed by atoms with E-state index in [1.165, 1.54) is 30.8 Å². The first-order chi connectivity index (χ1) is 12.5. The molecule has 0 amide bonds. The molecule has 0 aliphatic carbocycles. The highest BCUT2D eigenvalue weighted by molar-refractivity contribution is 7.89. The van der Waals surface area contributed by atoms with Crippen molar-refractivity contribution in [2.24, 2.45) is 0 Å². The van der Waals surface area contributed by atoms with Crippen LogP contribution < -0.4 is 14.2 Å². The van der Waals surface area contributed by atoms with Gasteiger partial charge in [0.25, 0.3) is 0 Å². The number of hydrogen-bond acceptors (Lipinski definition) is 7. The molecule has 8 nitrogen and oxygen atoms in total. The minimum Gasteiger partial charge on any atom is -0.497 e. The molecule has 0 spiro atoms. The highest BCUT2D eigenvalue weighted by Crippen LogP contribution is 2.33. The number of benzene rings is 1. The second-order valence-electron chi connectivity index (χ2n) is 5.58. The van der Waals surface area contributed by atoms with Gasteiger partial charge in [0.05, 0.1) is 32.9 Å². The Balaban J connectivity index is 1.70. The number of hydrogen-bond donors (Lipinski definition) is 0. The Kier molecular flexibility index (Phi) is 4.97. The van der Waals surface area contributed by atoms with E-state index in [0.717, 1.165) is 0 Å². The van der Waals surface area contributed by atoms with Gasteiger partial charge in [0, 0.05) is 18.3 Å². The lowest BCUT2D eigenvalue weighted by atomic mass is 10.2. The molecule has 0 atom stereocenters. The predicted octanol–water partition coefficient (Wildman–Crippen LogP) is 1.42. The van der Waals surface area contributed by atoms with Crippen LogP contribution in [0.2, 0.25) is 0 Å². The summed E-state index contributed by atoms with van der Waals surface area (Å²) in [5.74, 6) is 1.04. The van der Waals surface area contributed by atoms with E-state index in [-0.39, 0.29) is 29.8 Å². The Labute approximate surface area is 151 Å². The van der Waals surface area contributed by atoms with Gasteiger partial charge in [-0.2, -0.15) is 9.57 Å². The molecule has 0 saturated carbocycles. The third-order valence-corrected chi connectivity index (χ3v) is 5.81. The normalized spacial score (nSPS) is 15.0. The number of aromatic nitrogens is 1. The number of nitriles is 1. The van der Waals surface area contributed by atoms with E-state index in [4.69, 9.17) is 19.5 Å². The topological polar surface area (TPSA) is 102 Å². The molecule has 1 aliphatic heterocycles. The zero-order valence-electron chi connectivity index (χ0n) is 14.2. The molecule has 26 heavy (non-hydrogen) atoms. The van der Waals surface area contributed by atoms with Crippen molar-refractivity contribution >= 4 is 10.0 Å². The Morgan fingerprint density at radius 3 is 2.54 bits per heavy atom. The van der Waals surface area contributed by atoms with Crippen LogP contribution in [0.15, 0.2) is 41.4 Å². The molecule has 1 fully saturated rings. The van der Waals surface area contributed by atoms with Gasteiger partial charge in [-0.15, -0.1) is 0 Å². The van der Waals surface area contributed by atoms with Crippen LogP contribution >= 0.6 is 0 Å². The third-order valence-electron chi connectivity index (χ3n) is 3.96. The standard InChI is InChI=1S/C17H17N3O5S/c1-23-13-4-5-15(24-2)16(7-13)26(21,22)20-10-14(11-20)25-17-6-3-12(8-18)9-19-17/h3-7,9,14H,10-11H2,1-2H3. The number of sulfonamides is 1. The first kappa shape index (κ1) is 18.0. The van der Waals surface area contributed by atoms with Gasteiger partial charge in [-0.1, -0.05) is 0 Å². The van der Waals surface area contributed by atoms with Gasteiger partial charge in [-0.3, -0.25) is 0 Å². The molecule has 1 aliphatic rings. The van der Waals surface area contributed by atoms with E-state index in [0.29, 0.717) is 17.2 Å². The molecule has 3 rings (SSSR count). The minimum absolute atomic E-state index is 0.0503. The van der Waals surface area contributed by atoms with Crippen LogP contribution in [0.5, 0.6) is 17.4 Å². The van der Waals surface area contributed by atoms with Crippen molar-refractivity contribution in [3.8, 4) is 23.4 Å². The lowest BCUT2D eigenvalue weighted by Gasteiger charge is -2.37. The Hall–Kier alpha value is -2.83. The van der Waals surface area contributed by atoms with E-state index in [9.17, 15) is 8.42 Å². The van der Waals surface area contributed by atoms with Gasteiger partial charge >= 0.3 is 0 Å². The molecule has 136 valence electrons. The summed E-state index contributed by atoms with van der Waals surface area (Å²) in [5, 5.41) is 8.76. The smallest absolute Gasteiger partial charge is 0.247 e. The van der Waals surface area contributed by atoms with E-state index in [1.807, 2.05) is 6.07 Å². The molecule has 0 unspecified atom stereocenters. The average molecular weight is 375 g/mol. The summed E-state index contributed by atoms with van der Waals surface area (Å²) >= 11 is 0. The first-order valence-corrected chi connectivity index (χ1v) is 9.17. The van der Waals surface area contributed by atoms with Gasteiger partial charge in [0.15, 0.2) is 0 Å². The fourth-order valence-electron chi connectivity index (χ4n) is 2.48. The van der Waals surface area contributed by atoms with Crippen LogP contribution in [0.4, 0.5) is 0 Å². The number of ether oxygens (including phenoxy) is 3. The van der Waals surface area contributed by atoms with E-state index >= 15 is 0 Å². The van der Waals surface area contributed by atoms with Gasteiger partial charge in [-0.05, 0) is 18.2 Å². The van der Waals surface area contributed by atoms with Crippen molar-refractivity contribution in [1.82, 2.24) is 9.29 Å². The number of pyridine rings is 1. The Morgan fingerprint density at radius 2 is 1.96 bits per heavy atom. The predicted molar refractivity (Wildman–Crippen MR) is 91.7 cm³/mol. The molecule has 2 aromatic rings. The van der Waals surface area contributed by atoms with Gasteiger partial charge in [0.1, 0.15) is 28.6 Å². The van der Waals surface area contributed by atoms with E-state index in [1.54, 1.807) is 24.3 Å². The van der Waals surface area contributed by atoms with Gasteiger partial charge in [0.2, 0.25) is 15.9 Å². The van der Waals surface area contributed by atoms with Gasteiger partial charge in [-0.25, -0.2) is 13.4 Å². The molecule has 1 aromatic heterocycles. The number of nitrogens with zero attached hydrogens (tertiary/aromatic N) is 3. The summed E-state index contributed by atoms with van der Waals surface area (Å²) in [5.41, 5.74) is 0.431. The van der Waals surface area contributed by atoms with E-state index in [2.05, 4.69) is 4.98 Å². The van der Waals surface area contributed by atoms with Crippen molar-refractivity contribution in [3.63, 3.8) is 0 Å². The third kappa shape index (κ3) is 3.42. The largest absolute Gasteiger partial charge is 0.497 e. The van der Waals surface area contributed by atoms with Crippen LogP contribution in [0.3, 0.4) is 0 Å². The number of methoxy groups -OCH3 is 2. The van der Waals surface area contributed by atoms with Crippen LogP contribution in [0, 0.1) is 11.3 Å². The van der Waals surface area contributed by atoms with Crippen LogP contribution in [0.25, 0.3) is 0 Å². The summed E-state index contributed by atoms with van der Waals surface area (Å²) in [7, 11) is -0.844. The van der Waals surface area contributed by atoms with Crippen molar-refractivity contribution in [2.45, 2.75) is 11.0 Å². The van der Waals surface area contributed by atoms with Gasteiger partial charge < -0.3 is 14.2 Å². The zero-order valence-corrected chi connectivity index (χ0v) is 15.1. The molecule has 0 N–H and O–H groups in total. The summed E-state index contributed by atoms with van der Waals surface area (Å²) in [6.07, 6.45) is 1.10. The molecule has 9 heteroatoms. The Bertz CT molecular complexity index is 932. The van der Waals surface area contributed by atoms with Crippen LogP contribution in [0.1, 0.15) is 5.56 Å². The second-order valence-corrected chi connectivity index (χ2v) is 7.48. The molecular formula is C17H17N3O5S. The fraction of sp³-hybridized carbons (Fsp3) is 0.294. The molecule has 0 radical (unpaired) electrons. The quantitative estimate of drug-likeness (QED) is 0.752. The Morgan fingerprint density at radius 1 is 1.19 bits per heavy atom. The average Bonchev–Trinajstić information content (AvgIpc) is 2.64. The fourth-order valence-corrected chi connectivity index (χ4v) is 4.16. The molecular weight excluding hydrogens is 358 g/mol. The number of rotatable bonds is 6. The highest BCUT2D eigenvalue weighted by Gasteiger charge is 2.39. The van der Waals surface area contributed by atoms with Crippen molar-refractivity contribution in [3.05, 3.63) is 42.1 Å². The SMILES string of the molecule is COc1ccc(OC)c(S(=O)(=O)N2CC(Oc3ccc(C#N)cn3)C2)c1. The minimum atomic E-state index is -3.73. The summed E-state index contributed by atoms with van der Waals surface area (Å²) < 4.78 is 42.9. The van der Waals surface area contributed by atoms with Crippen molar-refractivity contribution < 1.29 is 22.6 Å². The maximum Gasteiger partial charge on any atom is 0.247 e.